The molecule has 0 saturated carbocycles. The SMILES string of the molecule is CC(C)(C)Nc1ccnc(C(=N)N)n1. The second-order valence-corrected chi connectivity index (χ2v) is 4.05. The van der Waals surface area contributed by atoms with Crippen molar-refractivity contribution in [2.45, 2.75) is 26.3 Å². The van der Waals surface area contributed by atoms with Crippen LogP contribution in [-0.4, -0.2) is 21.3 Å². The third kappa shape index (κ3) is 3.01. The van der Waals surface area contributed by atoms with Crippen LogP contribution in [0.15, 0.2) is 12.3 Å². The van der Waals surface area contributed by atoms with Gasteiger partial charge >= 0.3 is 0 Å². The van der Waals surface area contributed by atoms with Gasteiger partial charge in [-0.05, 0) is 26.8 Å². The van der Waals surface area contributed by atoms with Crippen LogP contribution in [-0.2, 0) is 0 Å². The Morgan fingerprint density at radius 3 is 2.64 bits per heavy atom. The van der Waals surface area contributed by atoms with E-state index in [0.29, 0.717) is 5.82 Å². The van der Waals surface area contributed by atoms with Crippen LogP contribution in [0, 0.1) is 5.41 Å². The molecule has 1 rings (SSSR count). The lowest BCUT2D eigenvalue weighted by atomic mass is 10.1. The number of nitrogen functional groups attached to an aromatic ring is 1. The Kier molecular flexibility index (Phi) is 2.69. The van der Waals surface area contributed by atoms with Crippen LogP contribution in [0.5, 0.6) is 0 Å². The topological polar surface area (TPSA) is 87.7 Å². The Balaban J connectivity index is 2.89. The highest BCUT2D eigenvalue weighted by Crippen LogP contribution is 2.10. The largest absolute Gasteiger partial charge is 0.381 e. The third-order valence-corrected chi connectivity index (χ3v) is 1.40. The Bertz CT molecular complexity index is 339. The zero-order valence-corrected chi connectivity index (χ0v) is 8.63. The number of aromatic nitrogens is 2. The van der Waals surface area contributed by atoms with E-state index in [1.165, 1.54) is 0 Å². The average molecular weight is 193 g/mol. The summed E-state index contributed by atoms with van der Waals surface area (Å²) in [5, 5.41) is 10.4. The second kappa shape index (κ2) is 3.61. The lowest BCUT2D eigenvalue weighted by Gasteiger charge is -2.21. The molecule has 1 aromatic rings. The van der Waals surface area contributed by atoms with Crippen LogP contribution < -0.4 is 11.1 Å². The Hall–Kier alpha value is -1.65. The van der Waals surface area contributed by atoms with Gasteiger partial charge in [-0.2, -0.15) is 0 Å². The monoisotopic (exact) mass is 193 g/mol. The van der Waals surface area contributed by atoms with Crippen molar-refractivity contribution in [3.8, 4) is 0 Å². The van der Waals surface area contributed by atoms with Crippen LogP contribution in [0.2, 0.25) is 0 Å². The van der Waals surface area contributed by atoms with Gasteiger partial charge in [0.1, 0.15) is 5.82 Å². The minimum absolute atomic E-state index is 0.0671. The molecule has 1 aromatic heterocycles. The van der Waals surface area contributed by atoms with E-state index in [1.807, 2.05) is 20.8 Å². The van der Waals surface area contributed by atoms with Gasteiger partial charge in [-0.3, -0.25) is 5.41 Å². The maximum Gasteiger partial charge on any atom is 0.196 e. The fraction of sp³-hybridized carbons (Fsp3) is 0.444. The minimum atomic E-state index is -0.123. The van der Waals surface area contributed by atoms with Crippen molar-refractivity contribution in [3.63, 3.8) is 0 Å². The van der Waals surface area contributed by atoms with E-state index in [-0.39, 0.29) is 17.2 Å². The molecule has 4 N–H and O–H groups in total. The van der Waals surface area contributed by atoms with Gasteiger partial charge in [-0.25, -0.2) is 9.97 Å². The molecular formula is C9H15N5. The van der Waals surface area contributed by atoms with E-state index in [0.717, 1.165) is 0 Å². The van der Waals surface area contributed by atoms with Crippen LogP contribution in [0.25, 0.3) is 0 Å². The van der Waals surface area contributed by atoms with Crippen molar-refractivity contribution in [2.75, 3.05) is 5.32 Å². The zero-order chi connectivity index (χ0) is 10.8. The summed E-state index contributed by atoms with van der Waals surface area (Å²) in [5.41, 5.74) is 5.21. The van der Waals surface area contributed by atoms with E-state index in [9.17, 15) is 0 Å². The molecule has 0 atom stereocenters. The molecule has 0 amide bonds. The van der Waals surface area contributed by atoms with Crippen molar-refractivity contribution < 1.29 is 0 Å². The molecule has 0 saturated heterocycles. The average Bonchev–Trinajstić information content (AvgIpc) is 2.01. The second-order valence-electron chi connectivity index (χ2n) is 4.05. The van der Waals surface area contributed by atoms with Crippen molar-refractivity contribution >= 4 is 11.7 Å². The number of anilines is 1. The Labute approximate surface area is 83.3 Å². The molecule has 5 heteroatoms. The number of nitrogens with two attached hydrogens (primary N) is 1. The van der Waals surface area contributed by atoms with Crippen LogP contribution >= 0.6 is 0 Å². The molecule has 0 spiro atoms. The molecule has 0 aliphatic rings. The molecule has 76 valence electrons. The van der Waals surface area contributed by atoms with Gasteiger partial charge in [0, 0.05) is 11.7 Å². The van der Waals surface area contributed by atoms with Crippen molar-refractivity contribution in [3.05, 3.63) is 18.1 Å². The number of hydrogen-bond donors (Lipinski definition) is 3. The number of amidine groups is 1. The molecule has 0 radical (unpaired) electrons. The molecule has 1 heterocycles. The highest BCUT2D eigenvalue weighted by Gasteiger charge is 2.10. The van der Waals surface area contributed by atoms with Gasteiger partial charge in [0.15, 0.2) is 11.7 Å². The molecular weight excluding hydrogens is 178 g/mol. The van der Waals surface area contributed by atoms with Gasteiger partial charge in [0.25, 0.3) is 0 Å². The fourth-order valence-electron chi connectivity index (χ4n) is 0.942. The summed E-state index contributed by atoms with van der Waals surface area (Å²) >= 11 is 0. The lowest BCUT2D eigenvalue weighted by molar-refractivity contribution is 0.630. The normalized spacial score (nSPS) is 11.1. The summed E-state index contributed by atoms with van der Waals surface area (Å²) in [4.78, 5) is 7.95. The molecule has 0 aliphatic carbocycles. The molecule has 0 bridgehead atoms. The lowest BCUT2D eigenvalue weighted by Crippen LogP contribution is -2.27. The number of nitrogens with zero attached hydrogens (tertiary/aromatic N) is 2. The highest BCUT2D eigenvalue weighted by atomic mass is 15.1. The molecule has 0 fully saturated rings. The summed E-state index contributed by atoms with van der Waals surface area (Å²) in [6, 6.07) is 1.75. The predicted molar refractivity (Wildman–Crippen MR) is 56.4 cm³/mol. The van der Waals surface area contributed by atoms with E-state index in [2.05, 4.69) is 15.3 Å². The van der Waals surface area contributed by atoms with Gasteiger partial charge < -0.3 is 11.1 Å². The number of nitrogens with one attached hydrogen (secondary N) is 2. The van der Waals surface area contributed by atoms with Crippen molar-refractivity contribution in [1.82, 2.24) is 9.97 Å². The summed E-state index contributed by atoms with van der Waals surface area (Å²) in [7, 11) is 0. The predicted octanol–water partition coefficient (Wildman–Crippen LogP) is 0.971. The number of hydrogen-bond acceptors (Lipinski definition) is 4. The van der Waals surface area contributed by atoms with Crippen LogP contribution in [0.3, 0.4) is 0 Å². The molecule has 0 aromatic carbocycles. The van der Waals surface area contributed by atoms with E-state index in [1.54, 1.807) is 12.3 Å². The first kappa shape index (κ1) is 10.4. The summed E-state index contributed by atoms with van der Waals surface area (Å²) in [6.07, 6.45) is 1.58. The Morgan fingerprint density at radius 2 is 2.14 bits per heavy atom. The third-order valence-electron chi connectivity index (χ3n) is 1.40. The number of rotatable bonds is 2. The molecule has 5 nitrogen and oxygen atoms in total. The maximum atomic E-state index is 7.19. The minimum Gasteiger partial charge on any atom is -0.381 e. The first-order valence-corrected chi connectivity index (χ1v) is 4.34. The molecule has 0 aliphatic heterocycles. The first-order valence-electron chi connectivity index (χ1n) is 4.34. The van der Waals surface area contributed by atoms with Crippen LogP contribution in [0.1, 0.15) is 26.6 Å². The molecule has 14 heavy (non-hydrogen) atoms. The summed E-state index contributed by atoms with van der Waals surface area (Å²) < 4.78 is 0. The van der Waals surface area contributed by atoms with E-state index < -0.39 is 0 Å². The van der Waals surface area contributed by atoms with Gasteiger partial charge in [-0.1, -0.05) is 0 Å². The fourth-order valence-corrected chi connectivity index (χ4v) is 0.942. The van der Waals surface area contributed by atoms with E-state index in [4.69, 9.17) is 11.1 Å². The van der Waals surface area contributed by atoms with Gasteiger partial charge in [0.05, 0.1) is 0 Å². The van der Waals surface area contributed by atoms with E-state index >= 15 is 0 Å². The van der Waals surface area contributed by atoms with Gasteiger partial charge in [0.2, 0.25) is 0 Å². The first-order chi connectivity index (χ1) is 6.38. The Morgan fingerprint density at radius 1 is 1.50 bits per heavy atom. The maximum absolute atomic E-state index is 7.19. The van der Waals surface area contributed by atoms with Crippen molar-refractivity contribution in [1.29, 1.82) is 5.41 Å². The smallest absolute Gasteiger partial charge is 0.196 e. The highest BCUT2D eigenvalue weighted by molar-refractivity contribution is 5.91. The summed E-state index contributed by atoms with van der Waals surface area (Å²) in [6.45, 7) is 6.09. The molecule has 0 unspecified atom stereocenters. The standard InChI is InChI=1S/C9H15N5/c1-9(2,3)14-6-4-5-12-8(13-6)7(10)11/h4-5H,1-3H3,(H3,10,11)(H,12,13,14). The zero-order valence-electron chi connectivity index (χ0n) is 8.63. The van der Waals surface area contributed by atoms with Gasteiger partial charge in [-0.15, -0.1) is 0 Å². The summed E-state index contributed by atoms with van der Waals surface area (Å²) in [5.74, 6) is 0.805. The van der Waals surface area contributed by atoms with Crippen LogP contribution in [0.4, 0.5) is 5.82 Å². The quantitative estimate of drug-likeness (QED) is 0.482. The van der Waals surface area contributed by atoms with Crippen molar-refractivity contribution in [2.24, 2.45) is 5.73 Å².